The zero-order valence-electron chi connectivity index (χ0n) is 10.6. The number of benzene rings is 1. The highest BCUT2D eigenvalue weighted by atomic mass is 32.2. The Labute approximate surface area is 110 Å². The van der Waals surface area contributed by atoms with Gasteiger partial charge >= 0.3 is 0 Å². The zero-order chi connectivity index (χ0) is 13.4. The molecule has 0 heterocycles. The molecule has 0 saturated heterocycles. The van der Waals surface area contributed by atoms with Gasteiger partial charge in [0.25, 0.3) is 0 Å². The molecule has 3 heteroatoms. The monoisotopic (exact) mass is 262 g/mol. The van der Waals surface area contributed by atoms with E-state index in [0.29, 0.717) is 10.5 Å². The molecule has 0 unspecified atom stereocenters. The summed E-state index contributed by atoms with van der Waals surface area (Å²) in [7, 11) is -3.30. The average Bonchev–Trinajstić information content (AvgIpc) is 2.35. The first-order valence-corrected chi connectivity index (χ1v) is 7.66. The Balaban J connectivity index is 2.66. The SMILES string of the molecule is C=C(C#CCCCC)CS(=O)(=O)c1ccccc1. The van der Waals surface area contributed by atoms with Crippen molar-refractivity contribution in [2.45, 2.75) is 31.1 Å². The van der Waals surface area contributed by atoms with Gasteiger partial charge in [-0.1, -0.05) is 50.0 Å². The lowest BCUT2D eigenvalue weighted by Gasteiger charge is -2.02. The first kappa shape index (κ1) is 14.5. The molecule has 18 heavy (non-hydrogen) atoms. The van der Waals surface area contributed by atoms with Crippen molar-refractivity contribution in [3.63, 3.8) is 0 Å². The molecule has 0 bridgehead atoms. The first-order chi connectivity index (χ1) is 8.56. The van der Waals surface area contributed by atoms with Crippen molar-refractivity contribution in [2.75, 3.05) is 5.75 Å². The number of unbranched alkanes of at least 4 members (excludes halogenated alkanes) is 2. The van der Waals surface area contributed by atoms with Crippen LogP contribution < -0.4 is 0 Å². The van der Waals surface area contributed by atoms with Crippen molar-refractivity contribution in [1.29, 1.82) is 0 Å². The predicted molar refractivity (Wildman–Crippen MR) is 74.9 cm³/mol. The third-order valence-corrected chi connectivity index (χ3v) is 4.11. The lowest BCUT2D eigenvalue weighted by atomic mass is 10.2. The van der Waals surface area contributed by atoms with Crippen molar-refractivity contribution in [1.82, 2.24) is 0 Å². The van der Waals surface area contributed by atoms with Crippen LogP contribution in [0.25, 0.3) is 0 Å². The molecule has 0 aliphatic carbocycles. The van der Waals surface area contributed by atoms with Gasteiger partial charge in [0.15, 0.2) is 9.84 Å². The standard InChI is InChI=1S/C15H18O2S/c1-3-4-5-7-10-14(2)13-18(16,17)15-11-8-6-9-12-15/h6,8-9,11-12H,2-5,13H2,1H3. The van der Waals surface area contributed by atoms with E-state index in [2.05, 4.69) is 25.3 Å². The topological polar surface area (TPSA) is 34.1 Å². The van der Waals surface area contributed by atoms with Crippen LogP contribution in [0.15, 0.2) is 47.4 Å². The summed E-state index contributed by atoms with van der Waals surface area (Å²) >= 11 is 0. The van der Waals surface area contributed by atoms with Gasteiger partial charge in [-0.3, -0.25) is 0 Å². The zero-order valence-corrected chi connectivity index (χ0v) is 11.5. The fourth-order valence-corrected chi connectivity index (χ4v) is 2.70. The molecule has 1 aromatic carbocycles. The summed E-state index contributed by atoms with van der Waals surface area (Å²) < 4.78 is 24.0. The van der Waals surface area contributed by atoms with Crippen LogP contribution >= 0.6 is 0 Å². The molecule has 0 atom stereocenters. The molecule has 0 aliphatic heterocycles. The Morgan fingerprint density at radius 1 is 1.28 bits per heavy atom. The highest BCUT2D eigenvalue weighted by Crippen LogP contribution is 2.12. The summed E-state index contributed by atoms with van der Waals surface area (Å²) in [6, 6.07) is 8.39. The largest absolute Gasteiger partial charge is 0.223 e. The molecule has 0 saturated carbocycles. The Morgan fingerprint density at radius 3 is 2.56 bits per heavy atom. The minimum absolute atomic E-state index is 0.101. The van der Waals surface area contributed by atoms with Crippen molar-refractivity contribution in [3.05, 3.63) is 42.5 Å². The van der Waals surface area contributed by atoms with Gasteiger partial charge in [0, 0.05) is 12.0 Å². The predicted octanol–water partition coefficient (Wildman–Crippen LogP) is 3.21. The second kappa shape index (κ2) is 7.03. The van der Waals surface area contributed by atoms with E-state index in [1.54, 1.807) is 30.3 Å². The second-order valence-electron chi connectivity index (χ2n) is 4.08. The van der Waals surface area contributed by atoms with Gasteiger partial charge in [-0.05, 0) is 18.6 Å². The van der Waals surface area contributed by atoms with Gasteiger partial charge in [0.1, 0.15) is 0 Å². The van der Waals surface area contributed by atoms with E-state index in [1.165, 1.54) is 0 Å². The fraction of sp³-hybridized carbons (Fsp3) is 0.333. The first-order valence-electron chi connectivity index (χ1n) is 6.00. The summed E-state index contributed by atoms with van der Waals surface area (Å²) in [5, 5.41) is 0. The van der Waals surface area contributed by atoms with Crippen molar-refractivity contribution >= 4 is 9.84 Å². The minimum atomic E-state index is -3.30. The summed E-state index contributed by atoms with van der Waals surface area (Å²) in [4.78, 5) is 0.321. The highest BCUT2D eigenvalue weighted by Gasteiger charge is 2.14. The van der Waals surface area contributed by atoms with Crippen LogP contribution in [-0.4, -0.2) is 14.2 Å². The van der Waals surface area contributed by atoms with E-state index in [9.17, 15) is 8.42 Å². The van der Waals surface area contributed by atoms with E-state index in [1.807, 2.05) is 0 Å². The highest BCUT2D eigenvalue weighted by molar-refractivity contribution is 7.91. The third kappa shape index (κ3) is 4.77. The van der Waals surface area contributed by atoms with Gasteiger partial charge in [-0.15, -0.1) is 0 Å². The molecule has 1 aromatic rings. The van der Waals surface area contributed by atoms with Crippen LogP contribution in [-0.2, 0) is 9.84 Å². The smallest absolute Gasteiger partial charge is 0.183 e. The third-order valence-electron chi connectivity index (χ3n) is 2.39. The molecular weight excluding hydrogens is 244 g/mol. The average molecular weight is 262 g/mol. The Kier molecular flexibility index (Phi) is 5.67. The summed E-state index contributed by atoms with van der Waals surface area (Å²) in [5.41, 5.74) is 0.454. The van der Waals surface area contributed by atoms with Crippen LogP contribution in [0, 0.1) is 11.8 Å². The lowest BCUT2D eigenvalue weighted by molar-refractivity contribution is 0.598. The summed E-state index contributed by atoms with van der Waals surface area (Å²) in [5.74, 6) is 5.66. The number of hydrogen-bond acceptors (Lipinski definition) is 2. The quantitative estimate of drug-likeness (QED) is 0.603. The number of rotatable bonds is 5. The molecule has 1 rings (SSSR count). The van der Waals surface area contributed by atoms with Crippen LogP contribution in [0.4, 0.5) is 0 Å². The van der Waals surface area contributed by atoms with E-state index in [0.717, 1.165) is 19.3 Å². The number of hydrogen-bond donors (Lipinski definition) is 0. The Hall–Kier alpha value is -1.53. The van der Waals surface area contributed by atoms with E-state index >= 15 is 0 Å². The van der Waals surface area contributed by atoms with E-state index < -0.39 is 9.84 Å². The van der Waals surface area contributed by atoms with Gasteiger partial charge in [-0.2, -0.15) is 0 Å². The second-order valence-corrected chi connectivity index (χ2v) is 6.07. The molecule has 0 aromatic heterocycles. The van der Waals surface area contributed by atoms with Crippen molar-refractivity contribution in [3.8, 4) is 11.8 Å². The summed E-state index contributed by atoms with van der Waals surface area (Å²) in [6.07, 6.45) is 2.91. The van der Waals surface area contributed by atoms with Crippen molar-refractivity contribution in [2.24, 2.45) is 0 Å². The molecule has 0 aliphatic rings. The minimum Gasteiger partial charge on any atom is -0.223 e. The Bertz CT molecular complexity index is 545. The maximum absolute atomic E-state index is 12.0. The lowest BCUT2D eigenvalue weighted by Crippen LogP contribution is -2.07. The van der Waals surface area contributed by atoms with Crippen LogP contribution in [0.5, 0.6) is 0 Å². The van der Waals surface area contributed by atoms with Gasteiger partial charge in [0.2, 0.25) is 0 Å². The normalized spacial score (nSPS) is 10.5. The fourth-order valence-electron chi connectivity index (χ4n) is 1.43. The van der Waals surface area contributed by atoms with E-state index in [4.69, 9.17) is 0 Å². The van der Waals surface area contributed by atoms with Gasteiger partial charge in [-0.25, -0.2) is 8.42 Å². The van der Waals surface area contributed by atoms with Crippen molar-refractivity contribution < 1.29 is 8.42 Å². The Morgan fingerprint density at radius 2 is 1.94 bits per heavy atom. The summed E-state index contributed by atoms with van der Waals surface area (Å²) in [6.45, 7) is 5.80. The maximum Gasteiger partial charge on any atom is 0.183 e. The molecule has 0 radical (unpaired) electrons. The molecule has 96 valence electrons. The van der Waals surface area contributed by atoms with Gasteiger partial charge < -0.3 is 0 Å². The molecule has 0 amide bonds. The molecule has 0 spiro atoms. The molecular formula is C15H18O2S. The molecule has 2 nitrogen and oxygen atoms in total. The molecule has 0 N–H and O–H groups in total. The maximum atomic E-state index is 12.0. The van der Waals surface area contributed by atoms with Crippen LogP contribution in [0.2, 0.25) is 0 Å². The number of sulfone groups is 1. The van der Waals surface area contributed by atoms with Gasteiger partial charge in [0.05, 0.1) is 10.6 Å². The van der Waals surface area contributed by atoms with Crippen LogP contribution in [0.1, 0.15) is 26.2 Å². The molecule has 0 fully saturated rings. The van der Waals surface area contributed by atoms with Crippen LogP contribution in [0.3, 0.4) is 0 Å². The van der Waals surface area contributed by atoms with E-state index in [-0.39, 0.29) is 5.75 Å².